The number of pyridine rings is 1. The molecule has 0 unspecified atom stereocenters. The van der Waals surface area contributed by atoms with Gasteiger partial charge in [-0.1, -0.05) is 23.8 Å². The summed E-state index contributed by atoms with van der Waals surface area (Å²) >= 11 is 1.96. The van der Waals surface area contributed by atoms with Crippen molar-refractivity contribution in [3.05, 3.63) is 65.0 Å². The van der Waals surface area contributed by atoms with E-state index in [0.29, 0.717) is 6.61 Å². The second kappa shape index (κ2) is 7.05. The van der Waals surface area contributed by atoms with Gasteiger partial charge in [0.15, 0.2) is 0 Å². The Morgan fingerprint density at radius 1 is 1.23 bits per heavy atom. The summed E-state index contributed by atoms with van der Waals surface area (Å²) < 4.78 is 6.27. The number of carbonyl (C=O) groups is 1. The first kappa shape index (κ1) is 17.6. The molecule has 2 fully saturated rings. The highest BCUT2D eigenvalue weighted by molar-refractivity contribution is 8.01. The molecule has 0 saturated carbocycles. The number of benzene rings is 1. The summed E-state index contributed by atoms with van der Waals surface area (Å²) in [6, 6.07) is 13.9. The summed E-state index contributed by atoms with van der Waals surface area (Å²) in [7, 11) is 0. The number of nitrogens with zero attached hydrogens (tertiary/aromatic N) is 2. The smallest absolute Gasteiger partial charge is 0.253 e. The molecule has 26 heavy (non-hydrogen) atoms. The molecule has 0 radical (unpaired) electrons. The van der Waals surface area contributed by atoms with E-state index in [1.807, 2.05) is 73.0 Å². The van der Waals surface area contributed by atoms with Crippen molar-refractivity contribution >= 4 is 17.7 Å². The molecule has 1 spiro atoms. The number of carbonyl (C=O) groups excluding carboxylic acids is 1. The van der Waals surface area contributed by atoms with Gasteiger partial charge in [0.2, 0.25) is 0 Å². The number of amides is 1. The first-order valence-corrected chi connectivity index (χ1v) is 10.1. The summed E-state index contributed by atoms with van der Waals surface area (Å²) in [5.74, 6) is 1.14. The summed E-state index contributed by atoms with van der Waals surface area (Å²) in [4.78, 5) is 19.0. The third-order valence-corrected chi connectivity index (χ3v) is 6.71. The van der Waals surface area contributed by atoms with E-state index in [2.05, 4.69) is 4.98 Å². The van der Waals surface area contributed by atoms with Crippen molar-refractivity contribution in [2.24, 2.45) is 0 Å². The lowest BCUT2D eigenvalue weighted by molar-refractivity contribution is 0.0245. The minimum Gasteiger partial charge on any atom is -0.371 e. The molecule has 136 valence electrons. The maximum absolute atomic E-state index is 12.6. The van der Waals surface area contributed by atoms with Gasteiger partial charge in [0, 0.05) is 30.1 Å². The van der Waals surface area contributed by atoms with E-state index < -0.39 is 0 Å². The maximum atomic E-state index is 12.6. The minimum absolute atomic E-state index is 0.143. The monoisotopic (exact) mass is 368 g/mol. The van der Waals surface area contributed by atoms with E-state index >= 15 is 0 Å². The number of hydrogen-bond donors (Lipinski definition) is 0. The minimum atomic E-state index is 0.143. The van der Waals surface area contributed by atoms with Crippen LogP contribution in [0, 0.1) is 13.8 Å². The van der Waals surface area contributed by atoms with Crippen molar-refractivity contribution < 1.29 is 9.53 Å². The van der Waals surface area contributed by atoms with E-state index in [-0.39, 0.29) is 16.8 Å². The zero-order chi connectivity index (χ0) is 18.1. The molecular formula is C21H24N2O2S. The zero-order valence-corrected chi connectivity index (χ0v) is 16.1. The molecule has 1 aromatic carbocycles. The van der Waals surface area contributed by atoms with Crippen LogP contribution in [0.3, 0.4) is 0 Å². The Morgan fingerprint density at radius 3 is 2.73 bits per heavy atom. The summed E-state index contributed by atoms with van der Waals surface area (Å²) in [6.07, 6.45) is 1.26. The van der Waals surface area contributed by atoms with E-state index in [1.165, 1.54) is 5.56 Å². The number of aryl methyl sites for hydroxylation is 2. The topological polar surface area (TPSA) is 42.4 Å². The van der Waals surface area contributed by atoms with Crippen LogP contribution in [0.5, 0.6) is 0 Å². The Bertz CT molecular complexity index is 800. The number of rotatable bonds is 4. The summed E-state index contributed by atoms with van der Waals surface area (Å²) in [5, 5.41) is 0. The molecule has 1 atom stereocenters. The standard InChI is InChI=1S/C21H24N2O2S/c1-15-6-8-17(9-7-15)20(24)23-13-21(14-23)10-19(12-26-21)25-11-18-5-3-4-16(2)22-18/h3-9,19H,10-14H2,1-2H3/t19-/m0/s1. The molecule has 1 aromatic heterocycles. The molecule has 3 heterocycles. The van der Waals surface area contributed by atoms with Crippen LogP contribution in [0.4, 0.5) is 0 Å². The van der Waals surface area contributed by atoms with Gasteiger partial charge < -0.3 is 9.64 Å². The van der Waals surface area contributed by atoms with E-state index in [1.54, 1.807) is 0 Å². The van der Waals surface area contributed by atoms with Crippen LogP contribution in [-0.4, -0.2) is 45.5 Å². The van der Waals surface area contributed by atoms with Crippen molar-refractivity contribution in [1.29, 1.82) is 0 Å². The fourth-order valence-electron chi connectivity index (χ4n) is 3.68. The molecule has 2 aliphatic heterocycles. The van der Waals surface area contributed by atoms with E-state index in [9.17, 15) is 4.79 Å². The number of thioether (sulfide) groups is 1. The van der Waals surface area contributed by atoms with Gasteiger partial charge in [-0.25, -0.2) is 0 Å². The SMILES string of the molecule is Cc1ccc(C(=O)N2CC3(C[C@H](OCc4cccc(C)n4)CS3)C2)cc1. The average molecular weight is 369 g/mol. The first-order chi connectivity index (χ1) is 12.5. The van der Waals surface area contributed by atoms with Crippen molar-refractivity contribution in [2.45, 2.75) is 37.7 Å². The highest BCUT2D eigenvalue weighted by Gasteiger charge is 2.50. The molecule has 2 saturated heterocycles. The second-order valence-electron chi connectivity index (χ2n) is 7.43. The summed E-state index contributed by atoms with van der Waals surface area (Å²) in [5.41, 5.74) is 3.97. The Morgan fingerprint density at radius 2 is 2.00 bits per heavy atom. The van der Waals surface area contributed by atoms with Gasteiger partial charge in [-0.05, 0) is 44.5 Å². The van der Waals surface area contributed by atoms with Crippen molar-refractivity contribution in [1.82, 2.24) is 9.88 Å². The molecule has 0 N–H and O–H groups in total. The predicted molar refractivity (Wildman–Crippen MR) is 104 cm³/mol. The third-order valence-electron chi connectivity index (χ3n) is 5.13. The molecule has 4 rings (SSSR count). The quantitative estimate of drug-likeness (QED) is 0.827. The molecule has 0 aliphatic carbocycles. The maximum Gasteiger partial charge on any atom is 0.253 e. The molecule has 1 amide bonds. The van der Waals surface area contributed by atoms with Crippen LogP contribution in [-0.2, 0) is 11.3 Å². The van der Waals surface area contributed by atoms with Gasteiger partial charge in [-0.3, -0.25) is 9.78 Å². The second-order valence-corrected chi connectivity index (χ2v) is 8.92. The lowest BCUT2D eigenvalue weighted by Gasteiger charge is -2.47. The van der Waals surface area contributed by atoms with Crippen LogP contribution in [0.2, 0.25) is 0 Å². The average Bonchev–Trinajstić information content (AvgIpc) is 3.04. The molecule has 5 heteroatoms. The largest absolute Gasteiger partial charge is 0.371 e. The fourth-order valence-corrected chi connectivity index (χ4v) is 5.24. The number of hydrogen-bond acceptors (Lipinski definition) is 4. The van der Waals surface area contributed by atoms with Crippen LogP contribution in [0.25, 0.3) is 0 Å². The molecule has 2 aromatic rings. The number of ether oxygens (including phenoxy) is 1. The highest BCUT2D eigenvalue weighted by Crippen LogP contribution is 2.46. The van der Waals surface area contributed by atoms with Crippen molar-refractivity contribution in [2.75, 3.05) is 18.8 Å². The van der Waals surface area contributed by atoms with Gasteiger partial charge in [0.05, 0.1) is 23.2 Å². The van der Waals surface area contributed by atoms with Gasteiger partial charge in [0.25, 0.3) is 5.91 Å². The van der Waals surface area contributed by atoms with Gasteiger partial charge in [0.1, 0.15) is 0 Å². The van der Waals surface area contributed by atoms with Gasteiger partial charge in [-0.2, -0.15) is 0 Å². The molecule has 2 aliphatic rings. The number of likely N-dealkylation sites (tertiary alicyclic amines) is 1. The van der Waals surface area contributed by atoms with Crippen molar-refractivity contribution in [3.63, 3.8) is 0 Å². The number of aromatic nitrogens is 1. The zero-order valence-electron chi connectivity index (χ0n) is 15.3. The molecule has 0 bridgehead atoms. The van der Waals surface area contributed by atoms with Crippen LogP contribution in [0.1, 0.15) is 33.7 Å². The summed E-state index contributed by atoms with van der Waals surface area (Å²) in [6.45, 7) is 6.25. The van der Waals surface area contributed by atoms with Crippen LogP contribution in [0.15, 0.2) is 42.5 Å². The van der Waals surface area contributed by atoms with Crippen LogP contribution < -0.4 is 0 Å². The third kappa shape index (κ3) is 3.64. The van der Waals surface area contributed by atoms with E-state index in [4.69, 9.17) is 4.74 Å². The lowest BCUT2D eigenvalue weighted by atomic mass is 9.92. The predicted octanol–water partition coefficient (Wildman–Crippen LogP) is 3.62. The van der Waals surface area contributed by atoms with Crippen LogP contribution >= 0.6 is 11.8 Å². The fraction of sp³-hybridized carbons (Fsp3) is 0.429. The Hall–Kier alpha value is -1.85. The van der Waals surface area contributed by atoms with Gasteiger partial charge >= 0.3 is 0 Å². The molecular weight excluding hydrogens is 344 g/mol. The lowest BCUT2D eigenvalue weighted by Crippen LogP contribution is -2.60. The van der Waals surface area contributed by atoms with E-state index in [0.717, 1.165) is 42.2 Å². The highest BCUT2D eigenvalue weighted by atomic mass is 32.2. The Kier molecular flexibility index (Phi) is 4.76. The van der Waals surface area contributed by atoms with Gasteiger partial charge in [-0.15, -0.1) is 11.8 Å². The first-order valence-electron chi connectivity index (χ1n) is 9.07. The Labute approximate surface area is 159 Å². The normalized spacial score (nSPS) is 21.0. The molecule has 4 nitrogen and oxygen atoms in total. The Balaban J connectivity index is 1.28. The van der Waals surface area contributed by atoms with Crippen molar-refractivity contribution in [3.8, 4) is 0 Å².